The molecule has 4 aromatic rings. The Bertz CT molecular complexity index is 989. The van der Waals surface area contributed by atoms with Gasteiger partial charge < -0.3 is 0 Å². The maximum absolute atomic E-state index is 3.70. The van der Waals surface area contributed by atoms with Crippen LogP contribution in [0.4, 0.5) is 0 Å². The third kappa shape index (κ3) is 3.53. The summed E-state index contributed by atoms with van der Waals surface area (Å²) in [5, 5.41) is 0. The van der Waals surface area contributed by atoms with Crippen molar-refractivity contribution in [1.29, 1.82) is 0 Å². The minimum atomic E-state index is 1.10. The third-order valence-electron chi connectivity index (χ3n) is 4.41. The molecule has 4 rings (SSSR count). The quantitative estimate of drug-likeness (QED) is 0.287. The zero-order valence-electron chi connectivity index (χ0n) is 14.0. The average Bonchev–Trinajstić information content (AvgIpc) is 2.69. The van der Waals surface area contributed by atoms with Crippen molar-refractivity contribution in [1.82, 2.24) is 0 Å². The number of hydrogen-bond donors (Lipinski definition) is 0. The zero-order valence-corrected chi connectivity index (χ0v) is 17.2. The summed E-state index contributed by atoms with van der Waals surface area (Å²) < 4.78 is 2.20. The summed E-state index contributed by atoms with van der Waals surface area (Å²) in [7, 11) is 0. The first kappa shape index (κ1) is 17.3. The van der Waals surface area contributed by atoms with E-state index >= 15 is 0 Å². The van der Waals surface area contributed by atoms with Gasteiger partial charge in [-0.2, -0.15) is 0 Å². The maximum Gasteiger partial charge on any atom is 0.0253 e. The molecule has 0 spiro atoms. The Labute approximate surface area is 170 Å². The number of halogens is 2. The Balaban J connectivity index is 1.97. The molecule has 0 unspecified atom stereocenters. The Kier molecular flexibility index (Phi) is 5.05. The fourth-order valence-corrected chi connectivity index (χ4v) is 4.15. The van der Waals surface area contributed by atoms with E-state index in [1.807, 2.05) is 12.1 Å². The molecular formula is C24H16Br2. The standard InChI is InChI=1S/C24H16Br2/c25-23-12-6-4-10-21(23)19-14-18(17-8-2-1-3-9-17)15-20(16-19)22-11-5-7-13-24(22)26/h1-16H. The average molecular weight is 464 g/mol. The molecule has 4 aromatic carbocycles. The lowest BCUT2D eigenvalue weighted by Gasteiger charge is -2.13. The van der Waals surface area contributed by atoms with Crippen LogP contribution in [0, 0.1) is 0 Å². The number of benzene rings is 4. The van der Waals surface area contributed by atoms with E-state index in [1.54, 1.807) is 0 Å². The summed E-state index contributed by atoms with van der Waals surface area (Å²) in [6.45, 7) is 0. The monoisotopic (exact) mass is 462 g/mol. The van der Waals surface area contributed by atoms with Crippen LogP contribution in [0.15, 0.2) is 106 Å². The van der Waals surface area contributed by atoms with Gasteiger partial charge in [0.2, 0.25) is 0 Å². The Morgan fingerprint density at radius 3 is 1.31 bits per heavy atom. The molecule has 0 amide bonds. The van der Waals surface area contributed by atoms with Crippen molar-refractivity contribution in [2.75, 3.05) is 0 Å². The predicted molar refractivity (Wildman–Crippen MR) is 118 cm³/mol. The van der Waals surface area contributed by atoms with Crippen LogP contribution in [0.3, 0.4) is 0 Å². The van der Waals surface area contributed by atoms with Gasteiger partial charge in [0.1, 0.15) is 0 Å². The highest BCUT2D eigenvalue weighted by Gasteiger charge is 2.10. The second-order valence-electron chi connectivity index (χ2n) is 6.12. The zero-order chi connectivity index (χ0) is 17.9. The highest BCUT2D eigenvalue weighted by Crippen LogP contribution is 2.37. The van der Waals surface area contributed by atoms with Gasteiger partial charge in [0.05, 0.1) is 0 Å². The number of hydrogen-bond acceptors (Lipinski definition) is 0. The van der Waals surface area contributed by atoms with E-state index in [4.69, 9.17) is 0 Å². The van der Waals surface area contributed by atoms with Gasteiger partial charge in [-0.25, -0.2) is 0 Å². The Morgan fingerprint density at radius 1 is 0.385 bits per heavy atom. The lowest BCUT2D eigenvalue weighted by atomic mass is 9.93. The van der Waals surface area contributed by atoms with Gasteiger partial charge in [0.15, 0.2) is 0 Å². The third-order valence-corrected chi connectivity index (χ3v) is 5.79. The van der Waals surface area contributed by atoms with Gasteiger partial charge in [-0.1, -0.05) is 98.6 Å². The summed E-state index contributed by atoms with van der Waals surface area (Å²) >= 11 is 7.40. The van der Waals surface area contributed by atoms with Crippen LogP contribution in [0.1, 0.15) is 0 Å². The van der Waals surface area contributed by atoms with Crippen molar-refractivity contribution in [2.24, 2.45) is 0 Å². The molecule has 126 valence electrons. The van der Waals surface area contributed by atoms with Gasteiger partial charge in [0.25, 0.3) is 0 Å². The molecule has 0 saturated heterocycles. The van der Waals surface area contributed by atoms with E-state index in [9.17, 15) is 0 Å². The van der Waals surface area contributed by atoms with E-state index in [-0.39, 0.29) is 0 Å². The smallest absolute Gasteiger partial charge is 0.0253 e. The lowest BCUT2D eigenvalue weighted by Crippen LogP contribution is -1.87. The Hall–Kier alpha value is -2.16. The summed E-state index contributed by atoms with van der Waals surface area (Å²) in [5.74, 6) is 0. The van der Waals surface area contributed by atoms with Crippen LogP contribution < -0.4 is 0 Å². The Morgan fingerprint density at radius 2 is 0.808 bits per heavy atom. The second-order valence-corrected chi connectivity index (χ2v) is 7.83. The fraction of sp³-hybridized carbons (Fsp3) is 0. The van der Waals surface area contributed by atoms with Crippen molar-refractivity contribution in [2.45, 2.75) is 0 Å². The van der Waals surface area contributed by atoms with Crippen LogP contribution in [-0.2, 0) is 0 Å². The maximum atomic E-state index is 3.70. The van der Waals surface area contributed by atoms with Gasteiger partial charge in [0, 0.05) is 8.95 Å². The number of rotatable bonds is 3. The topological polar surface area (TPSA) is 0 Å². The van der Waals surface area contributed by atoms with Crippen molar-refractivity contribution < 1.29 is 0 Å². The molecule has 0 fully saturated rings. The van der Waals surface area contributed by atoms with Gasteiger partial charge in [-0.15, -0.1) is 0 Å². The van der Waals surface area contributed by atoms with E-state index in [1.165, 1.54) is 33.4 Å². The molecule has 0 heterocycles. The molecule has 26 heavy (non-hydrogen) atoms. The second kappa shape index (κ2) is 7.61. The highest BCUT2D eigenvalue weighted by atomic mass is 79.9. The summed E-state index contributed by atoms with van der Waals surface area (Å²) in [6.07, 6.45) is 0. The first-order valence-electron chi connectivity index (χ1n) is 8.43. The molecule has 0 bridgehead atoms. The van der Waals surface area contributed by atoms with E-state index in [0.717, 1.165) is 8.95 Å². The van der Waals surface area contributed by atoms with E-state index in [0.29, 0.717) is 0 Å². The normalized spacial score (nSPS) is 10.7. The molecule has 0 aliphatic rings. The van der Waals surface area contributed by atoms with Crippen molar-refractivity contribution in [3.05, 3.63) is 106 Å². The molecule has 0 aliphatic heterocycles. The molecule has 0 saturated carbocycles. The first-order chi connectivity index (χ1) is 12.7. The first-order valence-corrected chi connectivity index (χ1v) is 10.0. The molecule has 0 radical (unpaired) electrons. The van der Waals surface area contributed by atoms with Crippen LogP contribution in [0.25, 0.3) is 33.4 Å². The molecule has 0 nitrogen and oxygen atoms in total. The lowest BCUT2D eigenvalue weighted by molar-refractivity contribution is 1.54. The molecule has 2 heteroatoms. The van der Waals surface area contributed by atoms with Crippen LogP contribution in [0.5, 0.6) is 0 Å². The summed E-state index contributed by atoms with van der Waals surface area (Å²) in [6, 6.07) is 34.0. The molecule has 0 aromatic heterocycles. The van der Waals surface area contributed by atoms with Crippen molar-refractivity contribution >= 4 is 31.9 Å². The van der Waals surface area contributed by atoms with Gasteiger partial charge in [-0.05, 0) is 63.7 Å². The van der Waals surface area contributed by atoms with Gasteiger partial charge in [-0.3, -0.25) is 0 Å². The minimum Gasteiger partial charge on any atom is -0.0622 e. The van der Waals surface area contributed by atoms with E-state index < -0.39 is 0 Å². The molecule has 0 aliphatic carbocycles. The van der Waals surface area contributed by atoms with E-state index in [2.05, 4.69) is 117 Å². The van der Waals surface area contributed by atoms with Gasteiger partial charge >= 0.3 is 0 Å². The van der Waals surface area contributed by atoms with Crippen LogP contribution >= 0.6 is 31.9 Å². The predicted octanol–water partition coefficient (Wildman–Crippen LogP) is 8.21. The molecular weight excluding hydrogens is 448 g/mol. The van der Waals surface area contributed by atoms with Crippen LogP contribution in [0.2, 0.25) is 0 Å². The van der Waals surface area contributed by atoms with Crippen LogP contribution in [-0.4, -0.2) is 0 Å². The fourth-order valence-electron chi connectivity index (χ4n) is 3.13. The largest absolute Gasteiger partial charge is 0.0622 e. The minimum absolute atomic E-state index is 1.10. The molecule has 0 atom stereocenters. The summed E-state index contributed by atoms with van der Waals surface area (Å²) in [5.41, 5.74) is 7.21. The van der Waals surface area contributed by atoms with Crippen molar-refractivity contribution in [3.63, 3.8) is 0 Å². The molecule has 0 N–H and O–H groups in total. The highest BCUT2D eigenvalue weighted by molar-refractivity contribution is 9.11. The summed E-state index contributed by atoms with van der Waals surface area (Å²) in [4.78, 5) is 0. The van der Waals surface area contributed by atoms with Crippen molar-refractivity contribution in [3.8, 4) is 33.4 Å². The SMILES string of the molecule is Brc1ccccc1-c1cc(-c2ccccc2)cc(-c2ccccc2Br)c1.